The highest BCUT2D eigenvalue weighted by molar-refractivity contribution is 7.99. The lowest BCUT2D eigenvalue weighted by molar-refractivity contribution is -0.113. The maximum absolute atomic E-state index is 12.2. The third-order valence-electron chi connectivity index (χ3n) is 4.80. The zero-order valence-electron chi connectivity index (χ0n) is 15.5. The summed E-state index contributed by atoms with van der Waals surface area (Å²) >= 11 is 1.41. The molecule has 2 aromatic carbocycles. The van der Waals surface area contributed by atoms with Gasteiger partial charge in [0.2, 0.25) is 5.91 Å². The van der Waals surface area contributed by atoms with E-state index in [0.29, 0.717) is 18.4 Å². The molecule has 0 spiro atoms. The predicted octanol–water partition coefficient (Wildman–Crippen LogP) is 4.47. The lowest BCUT2D eigenvalue weighted by Gasteiger charge is -2.08. The van der Waals surface area contributed by atoms with Crippen molar-refractivity contribution < 1.29 is 4.79 Å². The first-order valence-electron chi connectivity index (χ1n) is 9.33. The number of hydrogen-bond donors (Lipinski definition) is 1. The zero-order valence-corrected chi connectivity index (χ0v) is 16.3. The van der Waals surface area contributed by atoms with Crippen LogP contribution in [0.5, 0.6) is 0 Å². The standard InChI is InChI=1S/C22H22N4OS/c1-2-13-26-21(19-14-18(19)16-9-5-3-6-10-16)24-25-22(26)28-15-20(27)23-17-11-7-4-8-12-17/h2-12,18-19H,1,13-15H2,(H,23,27). The Labute approximate surface area is 168 Å². The summed E-state index contributed by atoms with van der Waals surface area (Å²) in [6.07, 6.45) is 2.93. The number of thioether (sulfide) groups is 1. The Morgan fingerprint density at radius 1 is 1.11 bits per heavy atom. The van der Waals surface area contributed by atoms with Gasteiger partial charge in [0, 0.05) is 18.2 Å². The first kappa shape index (κ1) is 18.5. The van der Waals surface area contributed by atoms with Crippen molar-refractivity contribution >= 4 is 23.4 Å². The van der Waals surface area contributed by atoms with E-state index < -0.39 is 0 Å². The van der Waals surface area contributed by atoms with Gasteiger partial charge in [0.1, 0.15) is 5.82 Å². The van der Waals surface area contributed by atoms with Crippen LogP contribution in [0.25, 0.3) is 0 Å². The summed E-state index contributed by atoms with van der Waals surface area (Å²) in [6, 6.07) is 20.0. The Hall–Kier alpha value is -2.86. The maximum atomic E-state index is 12.2. The zero-order chi connectivity index (χ0) is 19.3. The van der Waals surface area contributed by atoms with E-state index in [9.17, 15) is 4.79 Å². The lowest BCUT2D eigenvalue weighted by Crippen LogP contribution is -2.14. The number of nitrogens with one attached hydrogen (secondary N) is 1. The van der Waals surface area contributed by atoms with E-state index in [0.717, 1.165) is 23.1 Å². The van der Waals surface area contributed by atoms with Gasteiger partial charge in [-0.2, -0.15) is 0 Å². The molecule has 3 aromatic rings. The minimum atomic E-state index is -0.0560. The van der Waals surface area contributed by atoms with Gasteiger partial charge in [-0.15, -0.1) is 16.8 Å². The van der Waals surface area contributed by atoms with E-state index in [1.54, 1.807) is 0 Å². The molecule has 6 heteroatoms. The van der Waals surface area contributed by atoms with Crippen molar-refractivity contribution in [1.82, 2.24) is 14.8 Å². The van der Waals surface area contributed by atoms with Gasteiger partial charge < -0.3 is 9.88 Å². The highest BCUT2D eigenvalue weighted by Gasteiger charge is 2.43. The molecule has 0 saturated heterocycles. The van der Waals surface area contributed by atoms with Crippen LogP contribution >= 0.6 is 11.8 Å². The fourth-order valence-corrected chi connectivity index (χ4v) is 4.13. The van der Waals surface area contributed by atoms with Gasteiger partial charge in [-0.1, -0.05) is 66.4 Å². The minimum absolute atomic E-state index is 0.0560. The van der Waals surface area contributed by atoms with Crippen molar-refractivity contribution in [2.45, 2.75) is 30.0 Å². The van der Waals surface area contributed by atoms with Crippen molar-refractivity contribution in [1.29, 1.82) is 0 Å². The molecule has 1 amide bonds. The molecular weight excluding hydrogens is 368 g/mol. The summed E-state index contributed by atoms with van der Waals surface area (Å²) in [5.74, 6) is 2.09. The Morgan fingerprint density at radius 3 is 2.54 bits per heavy atom. The molecule has 1 aromatic heterocycles. The van der Waals surface area contributed by atoms with Crippen molar-refractivity contribution in [3.63, 3.8) is 0 Å². The molecule has 0 bridgehead atoms. The van der Waals surface area contributed by atoms with Crippen LogP contribution in [0.1, 0.15) is 29.6 Å². The number of benzene rings is 2. The molecule has 2 unspecified atom stereocenters. The fourth-order valence-electron chi connectivity index (χ4n) is 3.38. The first-order chi connectivity index (χ1) is 13.8. The Morgan fingerprint density at radius 2 is 1.82 bits per heavy atom. The molecule has 1 fully saturated rings. The number of amides is 1. The summed E-state index contributed by atoms with van der Waals surface area (Å²) in [6.45, 7) is 4.50. The Bertz CT molecular complexity index is 955. The number of para-hydroxylation sites is 1. The van der Waals surface area contributed by atoms with E-state index in [1.807, 2.05) is 42.5 Å². The van der Waals surface area contributed by atoms with Crippen LogP contribution in [0.2, 0.25) is 0 Å². The van der Waals surface area contributed by atoms with Crippen LogP contribution in [0.3, 0.4) is 0 Å². The molecule has 1 saturated carbocycles. The monoisotopic (exact) mass is 390 g/mol. The van der Waals surface area contributed by atoms with Crippen LogP contribution < -0.4 is 5.32 Å². The topological polar surface area (TPSA) is 59.8 Å². The highest BCUT2D eigenvalue weighted by atomic mass is 32.2. The smallest absolute Gasteiger partial charge is 0.234 e. The normalized spacial score (nSPS) is 17.9. The van der Waals surface area contributed by atoms with Gasteiger partial charge >= 0.3 is 0 Å². The number of hydrogen-bond acceptors (Lipinski definition) is 4. The fraction of sp³-hybridized carbons (Fsp3) is 0.227. The van der Waals surface area contributed by atoms with E-state index in [2.05, 4.69) is 50.9 Å². The van der Waals surface area contributed by atoms with Gasteiger partial charge in [0.15, 0.2) is 5.16 Å². The van der Waals surface area contributed by atoms with Gasteiger partial charge in [0.05, 0.1) is 5.75 Å². The van der Waals surface area contributed by atoms with Crippen LogP contribution in [0, 0.1) is 0 Å². The summed E-state index contributed by atoms with van der Waals surface area (Å²) in [5, 5.41) is 12.5. The van der Waals surface area contributed by atoms with Gasteiger partial charge in [-0.3, -0.25) is 4.79 Å². The number of carbonyl (C=O) groups is 1. The second-order valence-corrected chi connectivity index (χ2v) is 7.74. The number of allylic oxidation sites excluding steroid dienone is 1. The second kappa shape index (κ2) is 8.44. The van der Waals surface area contributed by atoms with Crippen molar-refractivity contribution in [2.75, 3.05) is 11.1 Å². The first-order valence-corrected chi connectivity index (χ1v) is 10.3. The number of aromatic nitrogens is 3. The largest absolute Gasteiger partial charge is 0.325 e. The Kier molecular flexibility index (Phi) is 5.58. The second-order valence-electron chi connectivity index (χ2n) is 6.80. The van der Waals surface area contributed by atoms with Gasteiger partial charge in [-0.05, 0) is 30.0 Å². The maximum Gasteiger partial charge on any atom is 0.234 e. The van der Waals surface area contributed by atoms with E-state index >= 15 is 0 Å². The van der Waals surface area contributed by atoms with Crippen molar-refractivity contribution in [3.05, 3.63) is 84.7 Å². The molecular formula is C22H22N4OS. The average Bonchev–Trinajstić information content (AvgIpc) is 3.43. The van der Waals surface area contributed by atoms with E-state index in [1.165, 1.54) is 17.3 Å². The van der Waals surface area contributed by atoms with Crippen LogP contribution in [0.4, 0.5) is 5.69 Å². The molecule has 1 heterocycles. The lowest BCUT2D eigenvalue weighted by atomic mass is 10.1. The number of rotatable bonds is 8. The average molecular weight is 391 g/mol. The van der Waals surface area contributed by atoms with Gasteiger partial charge in [0.25, 0.3) is 0 Å². The van der Waals surface area contributed by atoms with E-state index in [4.69, 9.17) is 0 Å². The van der Waals surface area contributed by atoms with Crippen LogP contribution in [-0.4, -0.2) is 26.4 Å². The number of anilines is 1. The SMILES string of the molecule is C=CCn1c(SCC(=O)Nc2ccccc2)nnc1C1CC1c1ccccc1. The van der Waals surface area contributed by atoms with Crippen molar-refractivity contribution in [2.24, 2.45) is 0 Å². The predicted molar refractivity (Wildman–Crippen MR) is 113 cm³/mol. The molecule has 1 N–H and O–H groups in total. The van der Waals surface area contributed by atoms with Crippen molar-refractivity contribution in [3.8, 4) is 0 Å². The number of nitrogens with zero attached hydrogens (tertiary/aromatic N) is 3. The van der Waals surface area contributed by atoms with Crippen LogP contribution in [0.15, 0.2) is 78.5 Å². The third-order valence-corrected chi connectivity index (χ3v) is 5.76. The molecule has 5 nitrogen and oxygen atoms in total. The molecule has 0 aliphatic heterocycles. The minimum Gasteiger partial charge on any atom is -0.325 e. The molecule has 142 valence electrons. The highest BCUT2D eigenvalue weighted by Crippen LogP contribution is 2.54. The number of carbonyl (C=O) groups excluding carboxylic acids is 1. The Balaban J connectivity index is 1.42. The van der Waals surface area contributed by atoms with E-state index in [-0.39, 0.29) is 11.7 Å². The summed E-state index contributed by atoms with van der Waals surface area (Å²) in [5.41, 5.74) is 2.14. The molecule has 0 radical (unpaired) electrons. The summed E-state index contributed by atoms with van der Waals surface area (Å²) in [4.78, 5) is 12.2. The summed E-state index contributed by atoms with van der Waals surface area (Å²) in [7, 11) is 0. The molecule has 4 rings (SSSR count). The molecule has 28 heavy (non-hydrogen) atoms. The quantitative estimate of drug-likeness (QED) is 0.455. The molecule has 1 aliphatic rings. The van der Waals surface area contributed by atoms with Gasteiger partial charge in [-0.25, -0.2) is 0 Å². The summed E-state index contributed by atoms with van der Waals surface area (Å²) < 4.78 is 2.08. The molecule has 2 atom stereocenters. The molecule has 1 aliphatic carbocycles. The van der Waals surface area contributed by atoms with Crippen LogP contribution in [-0.2, 0) is 11.3 Å². The third kappa shape index (κ3) is 4.17.